The maximum Gasteiger partial charge on any atom is 0.275 e. The van der Waals surface area contributed by atoms with Gasteiger partial charge in [0, 0.05) is 16.9 Å². The Labute approximate surface area is 126 Å². The summed E-state index contributed by atoms with van der Waals surface area (Å²) < 4.78 is 5.23. The van der Waals surface area contributed by atoms with Crippen molar-refractivity contribution in [2.24, 2.45) is 0 Å². The fraction of sp³-hybridized carbons (Fsp3) is 0.125. The highest BCUT2D eigenvalue weighted by Crippen LogP contribution is 2.41. The molecule has 2 aliphatic rings. The van der Waals surface area contributed by atoms with Crippen LogP contribution in [0, 0.1) is 0 Å². The molecule has 2 amide bonds. The first-order valence-electron chi connectivity index (χ1n) is 6.84. The molecule has 0 fully saturated rings. The number of nitrogens with one attached hydrogen (secondary N) is 3. The lowest BCUT2D eigenvalue weighted by Crippen LogP contribution is -2.59. The molecule has 0 radical (unpaired) electrons. The van der Waals surface area contributed by atoms with Crippen LogP contribution < -0.4 is 20.7 Å². The number of benzene rings is 2. The van der Waals surface area contributed by atoms with Gasteiger partial charge in [-0.2, -0.15) is 0 Å². The van der Waals surface area contributed by atoms with Gasteiger partial charge in [0.2, 0.25) is 5.66 Å². The lowest BCUT2D eigenvalue weighted by molar-refractivity contribution is -0.120. The van der Waals surface area contributed by atoms with Crippen LogP contribution in [-0.4, -0.2) is 18.9 Å². The standard InChI is InChI=1S/C16H13N3O3/c1-22-9-6-7-13-11(8-9)16(15(21)17-13)18-12-5-3-2-4-10(12)14(20)19-16/h2-8,18H,1H3,(H,17,21)(H,19,20). The van der Waals surface area contributed by atoms with Crippen LogP contribution in [0.2, 0.25) is 0 Å². The molecule has 0 saturated carbocycles. The second kappa shape index (κ2) is 4.24. The van der Waals surface area contributed by atoms with Crippen LogP contribution in [-0.2, 0) is 10.5 Å². The zero-order valence-electron chi connectivity index (χ0n) is 11.8. The van der Waals surface area contributed by atoms with Gasteiger partial charge in [-0.1, -0.05) is 12.1 Å². The van der Waals surface area contributed by atoms with Crippen molar-refractivity contribution in [2.45, 2.75) is 5.66 Å². The Morgan fingerprint density at radius 2 is 1.82 bits per heavy atom. The number of fused-ring (bicyclic) bond motifs is 3. The number of ether oxygens (including phenoxy) is 1. The van der Waals surface area contributed by atoms with Gasteiger partial charge in [0.1, 0.15) is 5.75 Å². The van der Waals surface area contributed by atoms with Gasteiger partial charge in [0.25, 0.3) is 11.8 Å². The van der Waals surface area contributed by atoms with Gasteiger partial charge in [-0.05, 0) is 30.3 Å². The first-order chi connectivity index (χ1) is 10.6. The number of amides is 2. The topological polar surface area (TPSA) is 79.5 Å². The van der Waals surface area contributed by atoms with Crippen molar-refractivity contribution >= 4 is 23.2 Å². The van der Waals surface area contributed by atoms with Crippen LogP contribution in [0.4, 0.5) is 11.4 Å². The first kappa shape index (κ1) is 12.7. The summed E-state index contributed by atoms with van der Waals surface area (Å²) in [6.07, 6.45) is 0. The first-order valence-corrected chi connectivity index (χ1v) is 6.84. The van der Waals surface area contributed by atoms with Crippen LogP contribution in [0.15, 0.2) is 42.5 Å². The molecule has 2 heterocycles. The highest BCUT2D eigenvalue weighted by Gasteiger charge is 2.51. The third-order valence-electron chi connectivity index (χ3n) is 4.01. The van der Waals surface area contributed by atoms with E-state index in [0.29, 0.717) is 28.3 Å². The Bertz CT molecular complexity index is 818. The van der Waals surface area contributed by atoms with Crippen LogP contribution in [0.25, 0.3) is 0 Å². The summed E-state index contributed by atoms with van der Waals surface area (Å²) in [6.45, 7) is 0. The monoisotopic (exact) mass is 295 g/mol. The van der Waals surface area contributed by atoms with Gasteiger partial charge >= 0.3 is 0 Å². The van der Waals surface area contributed by atoms with Gasteiger partial charge in [-0.15, -0.1) is 0 Å². The fourth-order valence-corrected chi connectivity index (χ4v) is 2.92. The molecule has 1 unspecified atom stereocenters. The molecular formula is C16H13N3O3. The van der Waals surface area contributed by atoms with Gasteiger partial charge in [-0.3, -0.25) is 9.59 Å². The number of methoxy groups -OCH3 is 1. The number of carbonyl (C=O) groups is 2. The summed E-state index contributed by atoms with van der Waals surface area (Å²) in [5.74, 6) is 0.00306. The minimum atomic E-state index is -1.31. The highest BCUT2D eigenvalue weighted by molar-refractivity contribution is 6.14. The molecule has 0 aromatic heterocycles. The lowest BCUT2D eigenvalue weighted by atomic mass is 9.95. The van der Waals surface area contributed by atoms with Gasteiger partial charge in [0.15, 0.2) is 0 Å². The summed E-state index contributed by atoms with van der Waals surface area (Å²) in [5, 5.41) is 8.74. The summed E-state index contributed by atoms with van der Waals surface area (Å²) >= 11 is 0. The van der Waals surface area contributed by atoms with E-state index in [4.69, 9.17) is 4.74 Å². The molecule has 2 aromatic carbocycles. The molecular weight excluding hydrogens is 282 g/mol. The van der Waals surface area contributed by atoms with Gasteiger partial charge in [0.05, 0.1) is 12.7 Å². The molecule has 22 heavy (non-hydrogen) atoms. The van der Waals surface area contributed by atoms with Gasteiger partial charge in [-0.25, -0.2) is 0 Å². The van der Waals surface area contributed by atoms with Crippen LogP contribution in [0.1, 0.15) is 15.9 Å². The molecule has 0 saturated heterocycles. The van der Waals surface area contributed by atoms with Gasteiger partial charge < -0.3 is 20.7 Å². The maximum atomic E-state index is 12.5. The minimum Gasteiger partial charge on any atom is -0.497 e. The van der Waals surface area contributed by atoms with Crippen LogP contribution >= 0.6 is 0 Å². The maximum absolute atomic E-state index is 12.5. The molecule has 1 atom stereocenters. The van der Waals surface area contributed by atoms with E-state index in [9.17, 15) is 9.59 Å². The Morgan fingerprint density at radius 3 is 2.64 bits per heavy atom. The van der Waals surface area contributed by atoms with Crippen LogP contribution in [0.3, 0.4) is 0 Å². The molecule has 0 bridgehead atoms. The van der Waals surface area contributed by atoms with E-state index in [1.165, 1.54) is 0 Å². The quantitative estimate of drug-likeness (QED) is 0.747. The average molecular weight is 295 g/mol. The Morgan fingerprint density at radius 1 is 1.00 bits per heavy atom. The second-order valence-corrected chi connectivity index (χ2v) is 5.24. The normalized spacial score (nSPS) is 21.5. The van der Waals surface area contributed by atoms with Crippen LogP contribution in [0.5, 0.6) is 5.75 Å². The molecule has 6 nitrogen and oxygen atoms in total. The molecule has 6 heteroatoms. The molecule has 0 aliphatic carbocycles. The van der Waals surface area contributed by atoms with E-state index in [2.05, 4.69) is 16.0 Å². The smallest absolute Gasteiger partial charge is 0.275 e. The predicted molar refractivity (Wildman–Crippen MR) is 80.8 cm³/mol. The predicted octanol–water partition coefficient (Wildman–Crippen LogP) is 1.66. The number of para-hydroxylation sites is 1. The van der Waals surface area contributed by atoms with E-state index in [1.54, 1.807) is 43.5 Å². The molecule has 2 aliphatic heterocycles. The lowest BCUT2D eigenvalue weighted by Gasteiger charge is -2.35. The van der Waals surface area contributed by atoms with E-state index in [1.807, 2.05) is 6.07 Å². The SMILES string of the molecule is COc1ccc2c(c1)C1(NC(=O)c3ccccc3N1)C(=O)N2. The van der Waals surface area contributed by atoms with Crippen molar-refractivity contribution in [3.63, 3.8) is 0 Å². The molecule has 110 valence electrons. The second-order valence-electron chi connectivity index (χ2n) is 5.24. The Balaban J connectivity index is 1.90. The molecule has 2 aromatic rings. The third-order valence-corrected chi connectivity index (χ3v) is 4.01. The number of rotatable bonds is 1. The number of anilines is 2. The highest BCUT2D eigenvalue weighted by atomic mass is 16.5. The van der Waals surface area contributed by atoms with Crippen molar-refractivity contribution in [2.75, 3.05) is 17.7 Å². The third kappa shape index (κ3) is 1.54. The number of carbonyl (C=O) groups excluding carboxylic acids is 2. The zero-order chi connectivity index (χ0) is 15.3. The summed E-state index contributed by atoms with van der Waals surface area (Å²) in [7, 11) is 1.56. The number of hydrogen-bond acceptors (Lipinski definition) is 4. The van der Waals surface area contributed by atoms with Crippen molar-refractivity contribution in [3.8, 4) is 5.75 Å². The van der Waals surface area contributed by atoms with E-state index in [-0.39, 0.29) is 11.8 Å². The van der Waals surface area contributed by atoms with E-state index in [0.717, 1.165) is 0 Å². The molecule has 3 N–H and O–H groups in total. The summed E-state index contributed by atoms with van der Waals surface area (Å²) in [5.41, 5.74) is 1.11. The average Bonchev–Trinajstić information content (AvgIpc) is 2.79. The minimum absolute atomic E-state index is 0.292. The fourth-order valence-electron chi connectivity index (χ4n) is 2.92. The number of hydrogen-bond donors (Lipinski definition) is 3. The van der Waals surface area contributed by atoms with Crippen molar-refractivity contribution in [3.05, 3.63) is 53.6 Å². The molecule has 1 spiro atoms. The summed E-state index contributed by atoms with van der Waals surface area (Å²) in [6, 6.07) is 12.4. The van der Waals surface area contributed by atoms with E-state index < -0.39 is 5.66 Å². The largest absolute Gasteiger partial charge is 0.497 e. The molecule has 4 rings (SSSR count). The zero-order valence-corrected chi connectivity index (χ0v) is 11.8. The van der Waals surface area contributed by atoms with Crippen molar-refractivity contribution in [1.29, 1.82) is 0 Å². The summed E-state index contributed by atoms with van der Waals surface area (Å²) in [4.78, 5) is 24.9. The Hall–Kier alpha value is -3.02. The van der Waals surface area contributed by atoms with Crippen molar-refractivity contribution < 1.29 is 14.3 Å². The Kier molecular flexibility index (Phi) is 2.45. The van der Waals surface area contributed by atoms with Crippen molar-refractivity contribution in [1.82, 2.24) is 5.32 Å². The van der Waals surface area contributed by atoms with E-state index >= 15 is 0 Å².